The van der Waals surface area contributed by atoms with Crippen LogP contribution in [-0.4, -0.2) is 28.9 Å². The van der Waals surface area contributed by atoms with Crippen LogP contribution >= 0.6 is 0 Å². The lowest BCUT2D eigenvalue weighted by Gasteiger charge is -2.28. The van der Waals surface area contributed by atoms with Crippen LogP contribution in [0.15, 0.2) is 12.5 Å². The summed E-state index contributed by atoms with van der Waals surface area (Å²) in [5.41, 5.74) is 0.663. The topological polar surface area (TPSA) is 46.9 Å². The molecule has 2 heterocycles. The first-order chi connectivity index (χ1) is 5.42. The second kappa shape index (κ2) is 2.47. The third-order valence-corrected chi connectivity index (χ3v) is 1.97. The van der Waals surface area contributed by atoms with Gasteiger partial charge in [-0.2, -0.15) is 0 Å². The molecule has 2 rings (SSSR count). The van der Waals surface area contributed by atoms with Gasteiger partial charge in [-0.05, 0) is 0 Å². The number of aromatic nitrogens is 2. The van der Waals surface area contributed by atoms with Crippen molar-refractivity contribution in [3.8, 4) is 0 Å². The smallest absolute Gasteiger partial charge is 0.168 e. The largest absolute Gasteiger partial charge is 0.323 e. The second-order valence-corrected chi connectivity index (χ2v) is 2.66. The number of nitrogens with zero attached hydrogens (tertiary/aromatic N) is 2. The molecule has 0 aliphatic carbocycles. The van der Waals surface area contributed by atoms with Crippen LogP contribution in [0.1, 0.15) is 16.5 Å². The minimum atomic E-state index is 0.428. The van der Waals surface area contributed by atoms with Gasteiger partial charge in [-0.1, -0.05) is 0 Å². The summed E-state index contributed by atoms with van der Waals surface area (Å²) in [6, 6.07) is 0.428. The van der Waals surface area contributed by atoms with Crippen molar-refractivity contribution in [3.63, 3.8) is 0 Å². The zero-order valence-electron chi connectivity index (χ0n) is 6.03. The number of aldehydes is 1. The fraction of sp³-hybridized carbons (Fsp3) is 0.429. The van der Waals surface area contributed by atoms with E-state index in [1.165, 1.54) is 0 Å². The van der Waals surface area contributed by atoms with Gasteiger partial charge in [-0.3, -0.25) is 4.79 Å². The summed E-state index contributed by atoms with van der Waals surface area (Å²) in [6.07, 6.45) is 4.13. The Morgan fingerprint density at radius 1 is 1.73 bits per heavy atom. The van der Waals surface area contributed by atoms with Gasteiger partial charge in [0.2, 0.25) is 0 Å². The molecular weight excluding hydrogens is 142 g/mol. The normalized spacial score (nSPS) is 17.8. The standard InChI is InChI=1S/C7H9N3O/c11-4-7-3-9-5-10(7)6-1-8-2-6/h3-6,8H,1-2H2. The van der Waals surface area contributed by atoms with Crippen LogP contribution in [0, 0.1) is 0 Å². The lowest BCUT2D eigenvalue weighted by molar-refractivity contribution is 0.111. The molecule has 1 aliphatic heterocycles. The SMILES string of the molecule is O=Cc1cncn1C1CNC1. The lowest BCUT2D eigenvalue weighted by atomic mass is 10.2. The van der Waals surface area contributed by atoms with Crippen LogP contribution < -0.4 is 5.32 Å². The van der Waals surface area contributed by atoms with E-state index in [-0.39, 0.29) is 0 Å². The Balaban J connectivity index is 2.27. The first-order valence-electron chi connectivity index (χ1n) is 3.59. The maximum absolute atomic E-state index is 10.5. The summed E-state index contributed by atoms with van der Waals surface area (Å²) in [5.74, 6) is 0. The van der Waals surface area contributed by atoms with E-state index in [0.29, 0.717) is 11.7 Å². The number of rotatable bonds is 2. The molecule has 0 radical (unpaired) electrons. The monoisotopic (exact) mass is 151 g/mol. The zero-order valence-corrected chi connectivity index (χ0v) is 6.03. The molecule has 1 saturated heterocycles. The quantitative estimate of drug-likeness (QED) is 0.597. The van der Waals surface area contributed by atoms with Crippen molar-refractivity contribution in [3.05, 3.63) is 18.2 Å². The van der Waals surface area contributed by atoms with Crippen molar-refractivity contribution in [1.82, 2.24) is 14.9 Å². The molecule has 0 atom stereocenters. The highest BCUT2D eigenvalue weighted by Gasteiger charge is 2.19. The highest BCUT2D eigenvalue weighted by Crippen LogP contribution is 2.12. The Morgan fingerprint density at radius 3 is 3.09 bits per heavy atom. The van der Waals surface area contributed by atoms with E-state index in [1.807, 2.05) is 4.57 Å². The van der Waals surface area contributed by atoms with E-state index in [2.05, 4.69) is 10.3 Å². The lowest BCUT2D eigenvalue weighted by Crippen LogP contribution is -2.43. The number of imidazole rings is 1. The number of hydrogen-bond acceptors (Lipinski definition) is 3. The maximum Gasteiger partial charge on any atom is 0.168 e. The van der Waals surface area contributed by atoms with E-state index >= 15 is 0 Å². The highest BCUT2D eigenvalue weighted by molar-refractivity contribution is 5.71. The van der Waals surface area contributed by atoms with Crippen molar-refractivity contribution in [2.45, 2.75) is 6.04 Å². The van der Waals surface area contributed by atoms with Crippen molar-refractivity contribution in [2.75, 3.05) is 13.1 Å². The third kappa shape index (κ3) is 0.952. The molecule has 1 aliphatic rings. The minimum absolute atomic E-state index is 0.428. The van der Waals surface area contributed by atoms with E-state index in [9.17, 15) is 4.79 Å². The number of carbonyl (C=O) groups excluding carboxylic acids is 1. The molecule has 4 heteroatoms. The van der Waals surface area contributed by atoms with Gasteiger partial charge in [0.15, 0.2) is 6.29 Å². The summed E-state index contributed by atoms with van der Waals surface area (Å²) in [5, 5.41) is 3.14. The fourth-order valence-electron chi connectivity index (χ4n) is 1.18. The van der Waals surface area contributed by atoms with Crippen molar-refractivity contribution in [1.29, 1.82) is 0 Å². The summed E-state index contributed by atoms with van der Waals surface area (Å²) in [6.45, 7) is 1.88. The third-order valence-electron chi connectivity index (χ3n) is 1.97. The van der Waals surface area contributed by atoms with Crippen LogP contribution in [-0.2, 0) is 0 Å². The van der Waals surface area contributed by atoms with Crippen LogP contribution in [0.4, 0.5) is 0 Å². The average molecular weight is 151 g/mol. The van der Waals surface area contributed by atoms with Crippen LogP contribution in [0.25, 0.3) is 0 Å². The maximum atomic E-state index is 10.5. The Kier molecular flexibility index (Phi) is 1.47. The Hall–Kier alpha value is -1.16. The Labute approximate surface area is 64.2 Å². The van der Waals surface area contributed by atoms with Gasteiger partial charge in [0.05, 0.1) is 18.6 Å². The molecule has 11 heavy (non-hydrogen) atoms. The molecule has 0 aromatic carbocycles. The van der Waals surface area contributed by atoms with Crippen LogP contribution in [0.5, 0.6) is 0 Å². The molecule has 58 valence electrons. The molecule has 0 spiro atoms. The van der Waals surface area contributed by atoms with Gasteiger partial charge in [0.25, 0.3) is 0 Å². The fourth-order valence-corrected chi connectivity index (χ4v) is 1.18. The number of nitrogens with one attached hydrogen (secondary N) is 1. The van der Waals surface area contributed by atoms with E-state index in [0.717, 1.165) is 19.4 Å². The molecule has 4 nitrogen and oxygen atoms in total. The predicted octanol–water partition coefficient (Wildman–Crippen LogP) is -0.160. The molecule has 1 aromatic heterocycles. The highest BCUT2D eigenvalue weighted by atomic mass is 16.1. The first kappa shape index (κ1) is 6.54. The summed E-state index contributed by atoms with van der Waals surface area (Å²) in [4.78, 5) is 14.4. The van der Waals surface area contributed by atoms with Gasteiger partial charge in [0.1, 0.15) is 5.69 Å². The molecule has 0 amide bonds. The molecule has 0 unspecified atom stereocenters. The molecule has 1 N–H and O–H groups in total. The summed E-state index contributed by atoms with van der Waals surface area (Å²) >= 11 is 0. The molecule has 0 saturated carbocycles. The molecule has 1 fully saturated rings. The van der Waals surface area contributed by atoms with Gasteiger partial charge in [-0.25, -0.2) is 4.98 Å². The second-order valence-electron chi connectivity index (χ2n) is 2.66. The van der Waals surface area contributed by atoms with Crippen molar-refractivity contribution < 1.29 is 4.79 Å². The molecule has 1 aromatic rings. The summed E-state index contributed by atoms with van der Waals surface area (Å²) < 4.78 is 1.91. The van der Waals surface area contributed by atoms with E-state index < -0.39 is 0 Å². The van der Waals surface area contributed by atoms with E-state index in [4.69, 9.17) is 0 Å². The average Bonchev–Trinajstić information content (AvgIpc) is 2.32. The molecule has 0 bridgehead atoms. The van der Waals surface area contributed by atoms with Gasteiger partial charge in [-0.15, -0.1) is 0 Å². The number of carbonyl (C=O) groups is 1. The Morgan fingerprint density at radius 2 is 2.55 bits per heavy atom. The predicted molar refractivity (Wildman–Crippen MR) is 39.5 cm³/mol. The van der Waals surface area contributed by atoms with Crippen LogP contribution in [0.2, 0.25) is 0 Å². The first-order valence-corrected chi connectivity index (χ1v) is 3.59. The summed E-state index contributed by atoms with van der Waals surface area (Å²) in [7, 11) is 0. The van der Waals surface area contributed by atoms with Gasteiger partial charge >= 0.3 is 0 Å². The Bertz CT molecular complexity index is 264. The van der Waals surface area contributed by atoms with Gasteiger partial charge in [0, 0.05) is 13.1 Å². The van der Waals surface area contributed by atoms with Crippen molar-refractivity contribution in [2.24, 2.45) is 0 Å². The minimum Gasteiger partial charge on any atom is -0.323 e. The van der Waals surface area contributed by atoms with Crippen molar-refractivity contribution >= 4 is 6.29 Å². The van der Waals surface area contributed by atoms with Crippen LogP contribution in [0.3, 0.4) is 0 Å². The van der Waals surface area contributed by atoms with Gasteiger partial charge < -0.3 is 9.88 Å². The molecular formula is C7H9N3O. The zero-order chi connectivity index (χ0) is 7.68. The number of hydrogen-bond donors (Lipinski definition) is 1. The van der Waals surface area contributed by atoms with E-state index in [1.54, 1.807) is 12.5 Å².